The number of amides is 1. The van der Waals surface area contributed by atoms with Crippen molar-refractivity contribution in [1.82, 2.24) is 5.32 Å². The summed E-state index contributed by atoms with van der Waals surface area (Å²) in [7, 11) is 0. The second-order valence-corrected chi connectivity index (χ2v) is 11.4. The molecule has 0 saturated carbocycles. The van der Waals surface area contributed by atoms with Gasteiger partial charge in [-0.25, -0.2) is 4.57 Å². The lowest BCUT2D eigenvalue weighted by Gasteiger charge is -2.26. The van der Waals surface area contributed by atoms with Crippen molar-refractivity contribution in [3.63, 3.8) is 0 Å². The Balaban J connectivity index is 1.91. The lowest BCUT2D eigenvalue weighted by atomic mass is 9.84. The minimum atomic E-state index is -0.0430. The van der Waals surface area contributed by atoms with E-state index in [0.29, 0.717) is 5.56 Å². The summed E-state index contributed by atoms with van der Waals surface area (Å²) in [6.45, 7) is 14.8. The molecule has 1 atom stereocenters. The molecule has 1 heterocycles. The monoisotopic (exact) mass is 509 g/mol. The third-order valence-electron chi connectivity index (χ3n) is 7.20. The topological polar surface area (TPSA) is 42.2 Å². The zero-order valence-electron chi connectivity index (χ0n) is 24.6. The number of ether oxygens (including phenoxy) is 1. The van der Waals surface area contributed by atoms with Crippen LogP contribution < -0.4 is 14.6 Å². The SMILES string of the molecule is CCCCCCCCCCCCOc1ccc(C(CC)NC(=O)c2cc[n+](CC)cc2)cc1C(C)(C)C. The van der Waals surface area contributed by atoms with Crippen molar-refractivity contribution in [2.45, 2.75) is 130 Å². The number of benzene rings is 1. The van der Waals surface area contributed by atoms with Gasteiger partial charge >= 0.3 is 0 Å². The Labute approximate surface area is 227 Å². The smallest absolute Gasteiger partial charge is 0.252 e. The van der Waals surface area contributed by atoms with Crippen LogP contribution in [0, 0.1) is 0 Å². The van der Waals surface area contributed by atoms with Gasteiger partial charge in [0.05, 0.1) is 18.2 Å². The lowest BCUT2D eigenvalue weighted by Crippen LogP contribution is -2.33. The molecule has 4 nitrogen and oxygen atoms in total. The fraction of sp³-hybridized carbons (Fsp3) is 0.636. The van der Waals surface area contributed by atoms with E-state index in [4.69, 9.17) is 4.74 Å². The zero-order valence-corrected chi connectivity index (χ0v) is 24.6. The van der Waals surface area contributed by atoms with Crippen LogP contribution in [-0.4, -0.2) is 12.5 Å². The number of nitrogens with zero attached hydrogens (tertiary/aromatic N) is 1. The van der Waals surface area contributed by atoms with Crippen LogP contribution in [0.1, 0.15) is 140 Å². The van der Waals surface area contributed by atoms with Crippen molar-refractivity contribution < 1.29 is 14.1 Å². The molecule has 1 aromatic carbocycles. The first-order valence-corrected chi connectivity index (χ1v) is 14.9. The van der Waals surface area contributed by atoms with Crippen LogP contribution in [0.2, 0.25) is 0 Å². The molecule has 206 valence electrons. The van der Waals surface area contributed by atoms with Crippen LogP contribution >= 0.6 is 0 Å². The van der Waals surface area contributed by atoms with E-state index in [1.54, 1.807) is 0 Å². The summed E-state index contributed by atoms with van der Waals surface area (Å²) in [4.78, 5) is 12.9. The summed E-state index contributed by atoms with van der Waals surface area (Å²) < 4.78 is 8.34. The molecule has 1 amide bonds. The average molecular weight is 510 g/mol. The summed E-state index contributed by atoms with van der Waals surface area (Å²) in [5.41, 5.74) is 2.98. The minimum Gasteiger partial charge on any atom is -0.493 e. The van der Waals surface area contributed by atoms with Crippen molar-refractivity contribution >= 4 is 5.91 Å². The molecule has 0 saturated heterocycles. The van der Waals surface area contributed by atoms with Crippen LogP contribution in [0.25, 0.3) is 0 Å². The molecular weight excluding hydrogens is 456 g/mol. The highest BCUT2D eigenvalue weighted by Gasteiger charge is 2.22. The van der Waals surface area contributed by atoms with E-state index in [1.165, 1.54) is 63.4 Å². The second kappa shape index (κ2) is 16.5. The Morgan fingerprint density at radius 2 is 1.46 bits per heavy atom. The maximum Gasteiger partial charge on any atom is 0.252 e. The van der Waals surface area contributed by atoms with Gasteiger partial charge in [-0.05, 0) is 48.4 Å². The molecule has 37 heavy (non-hydrogen) atoms. The zero-order chi connectivity index (χ0) is 27.1. The number of rotatable bonds is 17. The third kappa shape index (κ3) is 10.9. The molecule has 0 aliphatic carbocycles. The van der Waals surface area contributed by atoms with E-state index < -0.39 is 0 Å². The van der Waals surface area contributed by atoms with E-state index in [0.717, 1.165) is 37.3 Å². The number of carbonyl (C=O) groups is 1. The Kier molecular flexibility index (Phi) is 13.7. The molecule has 1 unspecified atom stereocenters. The Bertz CT molecular complexity index is 915. The molecule has 2 rings (SSSR count). The van der Waals surface area contributed by atoms with Gasteiger partial charge in [0.2, 0.25) is 0 Å². The first-order chi connectivity index (χ1) is 17.8. The normalized spacial score (nSPS) is 12.4. The van der Waals surface area contributed by atoms with Crippen LogP contribution in [0.3, 0.4) is 0 Å². The summed E-state index contributed by atoms with van der Waals surface area (Å²) in [5, 5.41) is 3.24. The van der Waals surface area contributed by atoms with Crippen molar-refractivity contribution in [2.24, 2.45) is 0 Å². The minimum absolute atomic E-state index is 0.0336. The Morgan fingerprint density at radius 1 is 0.865 bits per heavy atom. The van der Waals surface area contributed by atoms with Gasteiger partial charge in [-0.15, -0.1) is 0 Å². The van der Waals surface area contributed by atoms with E-state index >= 15 is 0 Å². The van der Waals surface area contributed by atoms with Gasteiger partial charge in [0.15, 0.2) is 12.4 Å². The molecule has 2 aromatic rings. The standard InChI is InChI=1S/C33H52N2O2/c1-7-10-11-12-13-14-15-16-17-18-25-37-31-20-19-28(26-29(31)33(4,5)6)30(8-2)34-32(36)27-21-23-35(9-3)24-22-27/h19-24,26,30H,7-18,25H2,1-6H3/p+1. The maximum absolute atomic E-state index is 12.9. The third-order valence-corrected chi connectivity index (χ3v) is 7.20. The van der Waals surface area contributed by atoms with Crippen molar-refractivity contribution in [2.75, 3.05) is 6.61 Å². The van der Waals surface area contributed by atoms with Gasteiger partial charge in [0.25, 0.3) is 5.91 Å². The number of unbranched alkanes of at least 4 members (excludes halogenated alkanes) is 9. The molecule has 1 aromatic heterocycles. The number of carbonyl (C=O) groups excluding carboxylic acids is 1. The molecule has 4 heteroatoms. The predicted octanol–water partition coefficient (Wildman–Crippen LogP) is 8.47. The maximum atomic E-state index is 12.9. The van der Waals surface area contributed by atoms with Gasteiger partial charge in [0.1, 0.15) is 12.3 Å². The lowest BCUT2D eigenvalue weighted by molar-refractivity contribution is -0.693. The fourth-order valence-electron chi connectivity index (χ4n) is 4.73. The Morgan fingerprint density at radius 3 is 2.00 bits per heavy atom. The first-order valence-electron chi connectivity index (χ1n) is 14.9. The molecule has 0 radical (unpaired) electrons. The number of aryl methyl sites for hydroxylation is 1. The van der Waals surface area contributed by atoms with Gasteiger partial charge < -0.3 is 10.1 Å². The fourth-order valence-corrected chi connectivity index (χ4v) is 4.73. The number of hydrogen-bond acceptors (Lipinski definition) is 2. The van der Waals surface area contributed by atoms with Gasteiger partial charge in [-0.2, -0.15) is 0 Å². The largest absolute Gasteiger partial charge is 0.493 e. The quantitative estimate of drug-likeness (QED) is 0.172. The predicted molar refractivity (Wildman–Crippen MR) is 155 cm³/mol. The number of hydrogen-bond donors (Lipinski definition) is 1. The van der Waals surface area contributed by atoms with Gasteiger partial charge in [-0.3, -0.25) is 4.79 Å². The van der Waals surface area contributed by atoms with Crippen molar-refractivity contribution in [1.29, 1.82) is 0 Å². The second-order valence-electron chi connectivity index (χ2n) is 11.4. The average Bonchev–Trinajstić information content (AvgIpc) is 2.89. The number of pyridine rings is 1. The highest BCUT2D eigenvalue weighted by Crippen LogP contribution is 2.34. The highest BCUT2D eigenvalue weighted by molar-refractivity contribution is 5.94. The number of nitrogens with one attached hydrogen (secondary N) is 1. The molecule has 0 aliphatic rings. The van der Waals surface area contributed by atoms with E-state index in [1.807, 2.05) is 24.5 Å². The van der Waals surface area contributed by atoms with Gasteiger partial charge in [0, 0.05) is 12.1 Å². The highest BCUT2D eigenvalue weighted by atomic mass is 16.5. The van der Waals surface area contributed by atoms with E-state index in [2.05, 4.69) is 69.6 Å². The summed E-state index contributed by atoms with van der Waals surface area (Å²) in [6, 6.07) is 10.2. The Hall–Kier alpha value is -2.36. The molecule has 0 spiro atoms. The molecule has 1 N–H and O–H groups in total. The van der Waals surface area contributed by atoms with Crippen LogP contribution in [-0.2, 0) is 12.0 Å². The molecule has 0 fully saturated rings. The van der Waals surface area contributed by atoms with E-state index in [-0.39, 0.29) is 17.4 Å². The van der Waals surface area contributed by atoms with Crippen molar-refractivity contribution in [3.05, 3.63) is 59.4 Å². The van der Waals surface area contributed by atoms with Gasteiger partial charge in [-0.1, -0.05) is 98.5 Å². The van der Waals surface area contributed by atoms with Crippen LogP contribution in [0.5, 0.6) is 5.75 Å². The first kappa shape index (κ1) is 30.9. The molecule has 0 bridgehead atoms. The molecular formula is C33H53N2O2+. The summed E-state index contributed by atoms with van der Waals surface area (Å²) in [5.74, 6) is 0.939. The van der Waals surface area contributed by atoms with Crippen molar-refractivity contribution in [3.8, 4) is 5.75 Å². The summed E-state index contributed by atoms with van der Waals surface area (Å²) >= 11 is 0. The van der Waals surface area contributed by atoms with Crippen LogP contribution in [0.15, 0.2) is 42.7 Å². The van der Waals surface area contributed by atoms with E-state index in [9.17, 15) is 4.79 Å². The number of aromatic nitrogens is 1. The molecule has 0 aliphatic heterocycles. The summed E-state index contributed by atoms with van der Waals surface area (Å²) in [6.07, 6.45) is 18.0. The van der Waals surface area contributed by atoms with Crippen LogP contribution in [0.4, 0.5) is 0 Å².